The number of nitrogens with one attached hydrogen (secondary N) is 1. The van der Waals surface area contributed by atoms with Gasteiger partial charge in [-0.2, -0.15) is 26.3 Å². The molecule has 0 atom stereocenters. The summed E-state index contributed by atoms with van der Waals surface area (Å²) in [4.78, 5) is 13.0. The molecule has 0 aliphatic carbocycles. The fourth-order valence-electron chi connectivity index (χ4n) is 2.59. The van der Waals surface area contributed by atoms with Gasteiger partial charge in [-0.3, -0.25) is 4.79 Å². The van der Waals surface area contributed by atoms with Crippen LogP contribution in [0, 0.1) is 6.92 Å². The second-order valence-corrected chi connectivity index (χ2v) is 8.88. The summed E-state index contributed by atoms with van der Waals surface area (Å²) >= 11 is 1.17. The maximum absolute atomic E-state index is 12.9. The Hall–Kier alpha value is -2.16. The number of amides is 1. The summed E-state index contributed by atoms with van der Waals surface area (Å²) < 4.78 is 77.6. The highest BCUT2D eigenvalue weighted by molar-refractivity contribution is 8.00. The Morgan fingerprint density at radius 1 is 0.867 bits per heavy atom. The first-order valence-corrected chi connectivity index (χ1v) is 9.89. The number of halogens is 6. The molecule has 0 heterocycles. The molecule has 2 aromatic rings. The monoisotopic (exact) mass is 449 g/mol. The Kier molecular flexibility index (Phi) is 6.85. The Bertz CT molecular complexity index is 896. The summed E-state index contributed by atoms with van der Waals surface area (Å²) in [5, 5.41) is 2.14. The summed E-state index contributed by atoms with van der Waals surface area (Å²) in [7, 11) is 0. The summed E-state index contributed by atoms with van der Waals surface area (Å²) in [6, 6.07) is 6.81. The molecule has 1 amide bonds. The largest absolute Gasteiger partial charge is 0.416 e. The normalized spacial score (nSPS) is 12.7. The van der Waals surface area contributed by atoms with Gasteiger partial charge in [-0.25, -0.2) is 0 Å². The third-order valence-corrected chi connectivity index (χ3v) is 5.44. The number of rotatable bonds is 4. The molecule has 1 N–H and O–H groups in total. The van der Waals surface area contributed by atoms with Crippen LogP contribution in [-0.2, 0) is 22.6 Å². The number of carbonyl (C=O) groups is 1. The van der Waals surface area contributed by atoms with Crippen LogP contribution in [0.2, 0.25) is 0 Å². The first-order valence-electron chi connectivity index (χ1n) is 8.90. The number of anilines is 1. The van der Waals surface area contributed by atoms with E-state index in [4.69, 9.17) is 0 Å². The lowest BCUT2D eigenvalue weighted by Gasteiger charge is -2.20. The molecule has 0 aliphatic heterocycles. The van der Waals surface area contributed by atoms with E-state index in [0.717, 1.165) is 16.0 Å². The molecule has 0 spiro atoms. The summed E-state index contributed by atoms with van der Waals surface area (Å²) in [6.45, 7) is 7.95. The smallest absolute Gasteiger partial charge is 0.325 e. The van der Waals surface area contributed by atoms with Crippen LogP contribution in [0.4, 0.5) is 32.0 Å². The molecule has 164 valence electrons. The van der Waals surface area contributed by atoms with E-state index in [1.165, 1.54) is 11.8 Å². The minimum atomic E-state index is -4.97. The van der Waals surface area contributed by atoms with Gasteiger partial charge >= 0.3 is 12.4 Å². The van der Waals surface area contributed by atoms with Crippen molar-refractivity contribution in [3.05, 3.63) is 58.7 Å². The van der Waals surface area contributed by atoms with Crippen molar-refractivity contribution in [3.8, 4) is 0 Å². The Balaban J connectivity index is 2.19. The zero-order chi connectivity index (χ0) is 22.9. The van der Waals surface area contributed by atoms with Crippen molar-refractivity contribution in [1.82, 2.24) is 0 Å². The van der Waals surface area contributed by atoms with Gasteiger partial charge in [-0.15, -0.1) is 11.8 Å². The lowest BCUT2D eigenvalue weighted by molar-refractivity contribution is -0.143. The molecule has 0 saturated carbocycles. The maximum atomic E-state index is 12.9. The fourth-order valence-corrected chi connectivity index (χ4v) is 3.45. The second kappa shape index (κ2) is 8.53. The molecular formula is C21H21F6NOS. The lowest BCUT2D eigenvalue weighted by atomic mass is 9.87. The molecule has 0 unspecified atom stereocenters. The van der Waals surface area contributed by atoms with Crippen molar-refractivity contribution in [2.45, 2.75) is 50.4 Å². The van der Waals surface area contributed by atoms with E-state index in [-0.39, 0.29) is 17.2 Å². The number of aryl methyl sites for hydroxylation is 1. The van der Waals surface area contributed by atoms with Crippen molar-refractivity contribution < 1.29 is 31.1 Å². The number of carbonyl (C=O) groups excluding carboxylic acids is 1. The summed E-state index contributed by atoms with van der Waals surface area (Å²) in [5.41, 5.74) is -1.66. The highest BCUT2D eigenvalue weighted by Crippen LogP contribution is 2.37. The van der Waals surface area contributed by atoms with Crippen molar-refractivity contribution in [2.75, 3.05) is 11.1 Å². The van der Waals surface area contributed by atoms with Gasteiger partial charge in [0.15, 0.2) is 0 Å². The van der Waals surface area contributed by atoms with E-state index in [0.29, 0.717) is 12.1 Å². The molecule has 0 radical (unpaired) electrons. The average Bonchev–Trinajstić information content (AvgIpc) is 2.58. The number of alkyl halides is 6. The van der Waals surface area contributed by atoms with Crippen molar-refractivity contribution in [3.63, 3.8) is 0 Å². The van der Waals surface area contributed by atoms with Crippen LogP contribution in [0.3, 0.4) is 0 Å². The van der Waals surface area contributed by atoms with Gasteiger partial charge in [0.1, 0.15) is 0 Å². The minimum Gasteiger partial charge on any atom is -0.325 e. The third-order valence-electron chi connectivity index (χ3n) is 4.28. The van der Waals surface area contributed by atoms with Crippen molar-refractivity contribution >= 4 is 23.4 Å². The second-order valence-electron chi connectivity index (χ2n) is 7.86. The average molecular weight is 449 g/mol. The van der Waals surface area contributed by atoms with Gasteiger partial charge in [0.2, 0.25) is 5.91 Å². The molecule has 0 bridgehead atoms. The quantitative estimate of drug-likeness (QED) is 0.400. The SMILES string of the molecule is Cc1ccc(C(C)(C)C)cc1SCC(=O)Nc1cc(C(F)(F)F)cc(C(F)(F)F)c1. The van der Waals surface area contributed by atoms with Crippen LogP contribution in [0.5, 0.6) is 0 Å². The van der Waals surface area contributed by atoms with Gasteiger partial charge in [0.25, 0.3) is 0 Å². The first kappa shape index (κ1) is 24.1. The number of hydrogen-bond acceptors (Lipinski definition) is 2. The maximum Gasteiger partial charge on any atom is 0.416 e. The fraction of sp³-hybridized carbons (Fsp3) is 0.381. The van der Waals surface area contributed by atoms with Gasteiger partial charge in [0.05, 0.1) is 16.9 Å². The third kappa shape index (κ3) is 6.42. The standard InChI is InChI=1S/C21H21F6NOS/c1-12-5-6-13(19(2,3)4)10-17(12)30-11-18(29)28-16-8-14(20(22,23)24)7-15(9-16)21(25,26)27/h5-10H,11H2,1-4H3,(H,28,29). The zero-order valence-corrected chi connectivity index (χ0v) is 17.6. The van der Waals surface area contributed by atoms with Gasteiger partial charge in [-0.05, 0) is 47.7 Å². The van der Waals surface area contributed by atoms with Crippen LogP contribution >= 0.6 is 11.8 Å². The van der Waals surface area contributed by atoms with E-state index in [1.54, 1.807) is 0 Å². The molecule has 2 rings (SSSR count). The summed E-state index contributed by atoms with van der Waals surface area (Å²) in [6.07, 6.45) is -9.94. The Morgan fingerprint density at radius 2 is 1.40 bits per heavy atom. The van der Waals surface area contributed by atoms with Crippen LogP contribution < -0.4 is 5.32 Å². The van der Waals surface area contributed by atoms with Gasteiger partial charge in [0, 0.05) is 10.6 Å². The molecule has 9 heteroatoms. The van der Waals surface area contributed by atoms with Crippen molar-refractivity contribution in [2.24, 2.45) is 0 Å². The molecule has 2 nitrogen and oxygen atoms in total. The Labute approximate surface area is 175 Å². The Morgan fingerprint density at radius 3 is 1.87 bits per heavy atom. The van der Waals surface area contributed by atoms with Gasteiger partial charge in [-0.1, -0.05) is 32.9 Å². The molecular weight excluding hydrogens is 428 g/mol. The van der Waals surface area contributed by atoms with E-state index in [2.05, 4.69) is 5.32 Å². The minimum absolute atomic E-state index is 0.0196. The summed E-state index contributed by atoms with van der Waals surface area (Å²) in [5.74, 6) is -0.862. The molecule has 30 heavy (non-hydrogen) atoms. The highest BCUT2D eigenvalue weighted by Gasteiger charge is 2.37. The predicted molar refractivity (Wildman–Crippen MR) is 106 cm³/mol. The molecule has 2 aromatic carbocycles. The molecule has 0 fully saturated rings. The van der Waals surface area contributed by atoms with Crippen LogP contribution in [0.15, 0.2) is 41.3 Å². The number of hydrogen-bond donors (Lipinski definition) is 1. The molecule has 0 aliphatic rings. The van der Waals surface area contributed by atoms with E-state index < -0.39 is 35.1 Å². The van der Waals surface area contributed by atoms with E-state index in [1.807, 2.05) is 45.9 Å². The first-order chi connectivity index (χ1) is 13.6. The predicted octanol–water partition coefficient (Wildman–Crippen LogP) is 7.06. The lowest BCUT2D eigenvalue weighted by Crippen LogP contribution is -2.17. The van der Waals surface area contributed by atoms with E-state index in [9.17, 15) is 31.1 Å². The van der Waals surface area contributed by atoms with E-state index >= 15 is 0 Å². The zero-order valence-electron chi connectivity index (χ0n) is 16.8. The molecule has 0 aromatic heterocycles. The highest BCUT2D eigenvalue weighted by atomic mass is 32.2. The number of benzene rings is 2. The number of thioether (sulfide) groups is 1. The topological polar surface area (TPSA) is 29.1 Å². The van der Waals surface area contributed by atoms with Crippen molar-refractivity contribution in [1.29, 1.82) is 0 Å². The van der Waals surface area contributed by atoms with Crippen LogP contribution in [0.1, 0.15) is 43.0 Å². The van der Waals surface area contributed by atoms with Crippen LogP contribution in [0.25, 0.3) is 0 Å². The molecule has 0 saturated heterocycles. The van der Waals surface area contributed by atoms with Crippen LogP contribution in [-0.4, -0.2) is 11.7 Å². The van der Waals surface area contributed by atoms with Gasteiger partial charge < -0.3 is 5.32 Å².